The lowest BCUT2D eigenvalue weighted by Gasteiger charge is -2.32. The van der Waals surface area contributed by atoms with Crippen LogP contribution in [0.1, 0.15) is 58.1 Å². The fourth-order valence-electron chi connectivity index (χ4n) is 2.56. The third kappa shape index (κ3) is 5.70. The summed E-state index contributed by atoms with van der Waals surface area (Å²) in [6.45, 7) is 3.87. The number of aliphatic hydroxyl groups excluding tert-OH is 1. The van der Waals surface area contributed by atoms with Gasteiger partial charge in [0.15, 0.2) is 4.34 Å². The van der Waals surface area contributed by atoms with E-state index < -0.39 is 10.1 Å². The maximum Gasteiger partial charge on any atom is 0.322 e. The SMILES string of the molecule is CC(C)(Sc1nc(CCO)cs1)C(=O)OC1(P)CCCCCC1. The Labute approximate surface area is 149 Å². The molecule has 1 aromatic rings. The summed E-state index contributed by atoms with van der Waals surface area (Å²) in [6, 6.07) is 0. The van der Waals surface area contributed by atoms with Crippen LogP contribution in [0, 0.1) is 0 Å². The minimum atomic E-state index is -0.676. The van der Waals surface area contributed by atoms with Crippen molar-refractivity contribution < 1.29 is 14.6 Å². The van der Waals surface area contributed by atoms with Crippen molar-refractivity contribution in [3.05, 3.63) is 11.1 Å². The van der Waals surface area contributed by atoms with Crippen LogP contribution in [-0.4, -0.2) is 32.8 Å². The van der Waals surface area contributed by atoms with E-state index in [1.165, 1.54) is 35.9 Å². The number of carbonyl (C=O) groups excluding carboxylic acids is 1. The number of hydrogen-bond donors (Lipinski definition) is 1. The smallest absolute Gasteiger partial charge is 0.322 e. The van der Waals surface area contributed by atoms with Gasteiger partial charge in [0.2, 0.25) is 0 Å². The van der Waals surface area contributed by atoms with Crippen LogP contribution in [0.25, 0.3) is 0 Å². The maximum absolute atomic E-state index is 12.7. The quantitative estimate of drug-likeness (QED) is 0.352. The molecule has 0 spiro atoms. The van der Waals surface area contributed by atoms with E-state index in [4.69, 9.17) is 9.84 Å². The number of nitrogens with zero attached hydrogens (tertiary/aromatic N) is 1. The zero-order chi connectivity index (χ0) is 16.9. The molecule has 1 saturated carbocycles. The highest BCUT2D eigenvalue weighted by Crippen LogP contribution is 2.41. The Kier molecular flexibility index (Phi) is 6.90. The van der Waals surface area contributed by atoms with Crippen molar-refractivity contribution in [1.82, 2.24) is 4.98 Å². The second kappa shape index (κ2) is 8.28. The monoisotopic (exact) mass is 375 g/mol. The van der Waals surface area contributed by atoms with Crippen LogP contribution < -0.4 is 0 Å². The molecule has 0 bridgehead atoms. The van der Waals surface area contributed by atoms with Crippen LogP contribution >= 0.6 is 32.3 Å². The first-order valence-electron chi connectivity index (χ1n) is 8.11. The number of carbonyl (C=O) groups is 1. The number of hydrogen-bond acceptors (Lipinski definition) is 6. The van der Waals surface area contributed by atoms with Crippen LogP contribution in [0.3, 0.4) is 0 Å². The highest BCUT2D eigenvalue weighted by Gasteiger charge is 2.38. The van der Waals surface area contributed by atoms with Crippen molar-refractivity contribution in [1.29, 1.82) is 0 Å². The van der Waals surface area contributed by atoms with Crippen molar-refractivity contribution in [3.8, 4) is 0 Å². The zero-order valence-corrected chi connectivity index (χ0v) is 16.6. The van der Waals surface area contributed by atoms with Crippen LogP contribution in [0.4, 0.5) is 0 Å². The number of aliphatic hydroxyl groups is 1. The van der Waals surface area contributed by atoms with E-state index in [1.807, 2.05) is 19.2 Å². The van der Waals surface area contributed by atoms with Crippen LogP contribution in [0.2, 0.25) is 0 Å². The average Bonchev–Trinajstić information content (AvgIpc) is 2.78. The second-order valence-corrected chi connectivity index (χ2v) is 10.3. The fourth-order valence-corrected chi connectivity index (χ4v) is 5.34. The van der Waals surface area contributed by atoms with Gasteiger partial charge >= 0.3 is 5.97 Å². The molecule has 7 heteroatoms. The van der Waals surface area contributed by atoms with Gasteiger partial charge in [0.05, 0.1) is 5.69 Å². The molecule has 1 fully saturated rings. The Morgan fingerprint density at radius 1 is 1.43 bits per heavy atom. The van der Waals surface area contributed by atoms with Gasteiger partial charge in [0.25, 0.3) is 0 Å². The maximum atomic E-state index is 12.7. The molecule has 0 saturated heterocycles. The molecule has 1 heterocycles. The van der Waals surface area contributed by atoms with Gasteiger partial charge in [-0.15, -0.1) is 11.3 Å². The van der Waals surface area contributed by atoms with Crippen molar-refractivity contribution >= 4 is 38.3 Å². The normalized spacial score (nSPS) is 18.4. The number of ether oxygens (including phenoxy) is 1. The Balaban J connectivity index is 1.98. The third-order valence-corrected chi connectivity index (χ3v) is 6.84. The fraction of sp³-hybridized carbons (Fsp3) is 0.750. The first kappa shape index (κ1) is 19.2. The Morgan fingerprint density at radius 2 is 2.09 bits per heavy atom. The van der Waals surface area contributed by atoms with Crippen molar-refractivity contribution in [2.24, 2.45) is 0 Å². The minimum absolute atomic E-state index is 0.0921. The van der Waals surface area contributed by atoms with Crippen LogP contribution in [-0.2, 0) is 16.0 Å². The first-order chi connectivity index (χ1) is 10.8. The van der Waals surface area contributed by atoms with Gasteiger partial charge in [0.1, 0.15) is 10.1 Å². The molecular weight excluding hydrogens is 349 g/mol. The molecule has 2 rings (SSSR count). The molecule has 1 atom stereocenters. The molecule has 1 aliphatic rings. The Morgan fingerprint density at radius 3 is 2.70 bits per heavy atom. The summed E-state index contributed by atoms with van der Waals surface area (Å²) in [5.74, 6) is -0.182. The predicted molar refractivity (Wildman–Crippen MR) is 99.1 cm³/mol. The van der Waals surface area contributed by atoms with E-state index in [2.05, 4.69) is 14.2 Å². The predicted octanol–water partition coefficient (Wildman–Crippen LogP) is 4.02. The standard InChI is InChI=1S/C16H26NO3PS2/c1-15(2,23-14-17-12(7-10-18)11-22-14)13(19)20-16(21)8-5-3-4-6-9-16/h11,18H,3-10,21H2,1-2H3. The summed E-state index contributed by atoms with van der Waals surface area (Å²) in [5.41, 5.74) is 0.871. The van der Waals surface area contributed by atoms with Gasteiger partial charge in [-0.2, -0.15) is 0 Å². The lowest BCUT2D eigenvalue weighted by atomic mass is 10.1. The van der Waals surface area contributed by atoms with E-state index in [1.54, 1.807) is 0 Å². The van der Waals surface area contributed by atoms with Gasteiger partial charge in [-0.05, 0) is 39.5 Å². The van der Waals surface area contributed by atoms with Gasteiger partial charge in [0, 0.05) is 18.4 Å². The molecule has 0 aromatic carbocycles. The summed E-state index contributed by atoms with van der Waals surface area (Å²) in [5, 5.41) is 10.5. The Bertz CT molecular complexity index is 525. The number of esters is 1. The average molecular weight is 375 g/mol. The van der Waals surface area contributed by atoms with Crippen LogP contribution in [0.5, 0.6) is 0 Å². The number of thiazole rings is 1. The largest absolute Gasteiger partial charge is 0.454 e. The van der Waals surface area contributed by atoms with Crippen LogP contribution in [0.15, 0.2) is 9.72 Å². The molecule has 0 amide bonds. The summed E-state index contributed by atoms with van der Waals surface area (Å²) >= 11 is 2.95. The number of thioether (sulfide) groups is 1. The molecule has 130 valence electrons. The number of rotatable bonds is 6. The van der Waals surface area contributed by atoms with E-state index in [0.29, 0.717) is 6.42 Å². The lowest BCUT2D eigenvalue weighted by molar-refractivity contribution is -0.154. The number of aromatic nitrogens is 1. The summed E-state index contributed by atoms with van der Waals surface area (Å²) in [6.07, 6.45) is 7.06. The van der Waals surface area contributed by atoms with Gasteiger partial charge in [-0.1, -0.05) is 33.8 Å². The molecular formula is C16H26NO3PS2. The second-order valence-electron chi connectivity index (χ2n) is 6.56. The summed E-state index contributed by atoms with van der Waals surface area (Å²) < 4.78 is 6.06. The summed E-state index contributed by atoms with van der Waals surface area (Å²) in [7, 11) is 2.77. The van der Waals surface area contributed by atoms with E-state index >= 15 is 0 Å². The van der Waals surface area contributed by atoms with Gasteiger partial charge in [-0.3, -0.25) is 4.79 Å². The molecule has 0 radical (unpaired) electrons. The van der Waals surface area contributed by atoms with Gasteiger partial charge in [-0.25, -0.2) is 4.98 Å². The zero-order valence-electron chi connectivity index (χ0n) is 13.8. The van der Waals surface area contributed by atoms with E-state index in [9.17, 15) is 4.79 Å². The van der Waals surface area contributed by atoms with Crippen molar-refractivity contribution in [3.63, 3.8) is 0 Å². The molecule has 1 unspecified atom stereocenters. The minimum Gasteiger partial charge on any atom is -0.454 e. The summed E-state index contributed by atoms with van der Waals surface area (Å²) in [4.78, 5) is 17.1. The highest BCUT2D eigenvalue weighted by atomic mass is 32.2. The third-order valence-electron chi connectivity index (χ3n) is 3.98. The molecule has 1 N–H and O–H groups in total. The molecule has 0 aliphatic heterocycles. The van der Waals surface area contributed by atoms with Crippen molar-refractivity contribution in [2.75, 3.05) is 6.61 Å². The first-order valence-corrected chi connectivity index (χ1v) is 10.4. The lowest BCUT2D eigenvalue weighted by Crippen LogP contribution is -2.37. The molecule has 23 heavy (non-hydrogen) atoms. The van der Waals surface area contributed by atoms with E-state index in [0.717, 1.165) is 35.7 Å². The van der Waals surface area contributed by atoms with E-state index in [-0.39, 0.29) is 12.6 Å². The molecule has 1 aromatic heterocycles. The Hall–Kier alpha value is -0.160. The molecule has 1 aliphatic carbocycles. The van der Waals surface area contributed by atoms with Crippen molar-refractivity contribution in [2.45, 2.75) is 73.2 Å². The molecule has 4 nitrogen and oxygen atoms in total. The van der Waals surface area contributed by atoms with Gasteiger partial charge < -0.3 is 9.84 Å². The highest BCUT2D eigenvalue weighted by molar-refractivity contribution is 8.03. The topological polar surface area (TPSA) is 59.4 Å².